The highest BCUT2D eigenvalue weighted by Gasteiger charge is 2.34. The lowest BCUT2D eigenvalue weighted by Gasteiger charge is -2.10. The lowest BCUT2D eigenvalue weighted by atomic mass is 10.1. The molecular formula is C13H14F4N4S. The van der Waals surface area contributed by atoms with Gasteiger partial charge in [-0.1, -0.05) is 23.9 Å². The average molecular weight is 334 g/mol. The summed E-state index contributed by atoms with van der Waals surface area (Å²) in [7, 11) is 1.73. The van der Waals surface area contributed by atoms with Crippen molar-refractivity contribution in [1.82, 2.24) is 14.8 Å². The second-order valence-electron chi connectivity index (χ2n) is 4.56. The SMILES string of the molecule is Cn1c(CCN)nnc1SCc1cccc(C(F)(F)F)c1F. The maximum absolute atomic E-state index is 13.9. The molecule has 0 amide bonds. The predicted molar refractivity (Wildman–Crippen MR) is 74.7 cm³/mol. The number of halogens is 4. The van der Waals surface area contributed by atoms with Gasteiger partial charge < -0.3 is 10.3 Å². The minimum atomic E-state index is -4.70. The van der Waals surface area contributed by atoms with Crippen molar-refractivity contribution in [2.45, 2.75) is 23.5 Å². The molecule has 4 nitrogen and oxygen atoms in total. The van der Waals surface area contributed by atoms with Crippen molar-refractivity contribution in [2.24, 2.45) is 12.8 Å². The van der Waals surface area contributed by atoms with E-state index in [1.54, 1.807) is 11.6 Å². The number of hydrogen-bond donors (Lipinski definition) is 1. The second-order valence-corrected chi connectivity index (χ2v) is 5.50. The number of hydrogen-bond acceptors (Lipinski definition) is 4. The van der Waals surface area contributed by atoms with E-state index in [1.807, 2.05) is 0 Å². The molecule has 1 heterocycles. The van der Waals surface area contributed by atoms with Gasteiger partial charge in [0, 0.05) is 19.2 Å². The normalized spacial score (nSPS) is 11.9. The molecule has 0 fully saturated rings. The third-order valence-corrected chi connectivity index (χ3v) is 4.10. The van der Waals surface area contributed by atoms with Crippen molar-refractivity contribution in [1.29, 1.82) is 0 Å². The van der Waals surface area contributed by atoms with E-state index in [1.165, 1.54) is 12.1 Å². The van der Waals surface area contributed by atoms with E-state index in [0.29, 0.717) is 23.9 Å². The molecule has 0 aliphatic rings. The number of thioether (sulfide) groups is 1. The first-order valence-electron chi connectivity index (χ1n) is 6.40. The van der Waals surface area contributed by atoms with Crippen molar-refractivity contribution in [3.8, 4) is 0 Å². The minimum Gasteiger partial charge on any atom is -0.330 e. The quantitative estimate of drug-likeness (QED) is 0.675. The van der Waals surface area contributed by atoms with E-state index >= 15 is 0 Å². The molecule has 9 heteroatoms. The van der Waals surface area contributed by atoms with E-state index in [-0.39, 0.29) is 11.3 Å². The third kappa shape index (κ3) is 3.58. The van der Waals surface area contributed by atoms with Crippen LogP contribution in [-0.2, 0) is 25.4 Å². The summed E-state index contributed by atoms with van der Waals surface area (Å²) < 4.78 is 53.6. The fourth-order valence-corrected chi connectivity index (χ4v) is 2.78. The number of nitrogens with zero attached hydrogens (tertiary/aromatic N) is 3. The van der Waals surface area contributed by atoms with Crippen molar-refractivity contribution >= 4 is 11.8 Å². The Morgan fingerprint density at radius 2 is 2.00 bits per heavy atom. The standard InChI is InChI=1S/C13H14F4N4S/c1-21-10(5-6-18)19-20-12(21)22-7-8-3-2-4-9(11(8)14)13(15,16)17/h2-4H,5-7,18H2,1H3. The molecule has 0 radical (unpaired) electrons. The van der Waals surface area contributed by atoms with Gasteiger partial charge in [-0.15, -0.1) is 10.2 Å². The smallest absolute Gasteiger partial charge is 0.330 e. The van der Waals surface area contributed by atoms with E-state index in [2.05, 4.69) is 10.2 Å². The monoisotopic (exact) mass is 334 g/mol. The van der Waals surface area contributed by atoms with Crippen LogP contribution in [0.3, 0.4) is 0 Å². The Hall–Kier alpha value is -1.61. The van der Waals surface area contributed by atoms with Crippen LogP contribution in [-0.4, -0.2) is 21.3 Å². The first kappa shape index (κ1) is 16.8. The summed E-state index contributed by atoms with van der Waals surface area (Å²) in [5, 5.41) is 8.36. The van der Waals surface area contributed by atoms with Gasteiger partial charge in [-0.2, -0.15) is 13.2 Å². The minimum absolute atomic E-state index is 0.0248. The maximum atomic E-state index is 13.9. The van der Waals surface area contributed by atoms with Crippen molar-refractivity contribution in [3.63, 3.8) is 0 Å². The molecule has 0 bridgehead atoms. The van der Waals surface area contributed by atoms with Crippen LogP contribution in [0.1, 0.15) is 17.0 Å². The molecule has 0 unspecified atom stereocenters. The predicted octanol–water partition coefficient (Wildman–Crippen LogP) is 2.77. The zero-order valence-electron chi connectivity index (χ0n) is 11.7. The van der Waals surface area contributed by atoms with Gasteiger partial charge >= 0.3 is 6.18 Å². The molecule has 0 aliphatic heterocycles. The second kappa shape index (κ2) is 6.66. The summed E-state index contributed by atoms with van der Waals surface area (Å²) in [4.78, 5) is 0. The molecule has 0 spiro atoms. The van der Waals surface area contributed by atoms with Crippen LogP contribution in [0.5, 0.6) is 0 Å². The average Bonchev–Trinajstić information content (AvgIpc) is 2.78. The fourth-order valence-electron chi connectivity index (χ4n) is 1.87. The van der Waals surface area contributed by atoms with Crippen LogP contribution in [0.25, 0.3) is 0 Å². The highest BCUT2D eigenvalue weighted by Crippen LogP contribution is 2.33. The van der Waals surface area contributed by atoms with Gasteiger partial charge in [-0.25, -0.2) is 4.39 Å². The highest BCUT2D eigenvalue weighted by molar-refractivity contribution is 7.98. The largest absolute Gasteiger partial charge is 0.419 e. The molecule has 2 rings (SSSR count). The summed E-state index contributed by atoms with van der Waals surface area (Å²) in [6, 6.07) is 3.25. The zero-order chi connectivity index (χ0) is 16.3. The Morgan fingerprint density at radius 3 is 2.64 bits per heavy atom. The van der Waals surface area contributed by atoms with E-state index in [9.17, 15) is 17.6 Å². The summed E-state index contributed by atoms with van der Waals surface area (Å²) in [5.41, 5.74) is 4.16. The van der Waals surface area contributed by atoms with Gasteiger partial charge in [0.05, 0.1) is 5.56 Å². The lowest BCUT2D eigenvalue weighted by molar-refractivity contribution is -0.140. The number of rotatable bonds is 5. The molecular weight excluding hydrogens is 320 g/mol. The Morgan fingerprint density at radius 1 is 1.27 bits per heavy atom. The molecule has 0 atom stereocenters. The van der Waals surface area contributed by atoms with Gasteiger partial charge in [-0.05, 0) is 18.2 Å². The molecule has 0 saturated carbocycles. The molecule has 0 aliphatic carbocycles. The Kier molecular flexibility index (Phi) is 5.07. The van der Waals surface area contributed by atoms with Gasteiger partial charge in [0.2, 0.25) is 0 Å². The van der Waals surface area contributed by atoms with Crippen molar-refractivity contribution < 1.29 is 17.6 Å². The number of alkyl halides is 3. The van der Waals surface area contributed by atoms with Gasteiger partial charge in [0.15, 0.2) is 5.16 Å². The number of benzene rings is 1. The summed E-state index contributed by atoms with van der Waals surface area (Å²) >= 11 is 1.12. The van der Waals surface area contributed by atoms with Crippen molar-refractivity contribution in [2.75, 3.05) is 6.54 Å². The molecule has 120 valence electrons. The van der Waals surface area contributed by atoms with Crippen molar-refractivity contribution in [3.05, 3.63) is 41.0 Å². The molecule has 0 saturated heterocycles. The third-order valence-electron chi connectivity index (χ3n) is 3.03. The number of nitrogens with two attached hydrogens (primary N) is 1. The van der Waals surface area contributed by atoms with E-state index < -0.39 is 17.6 Å². The summed E-state index contributed by atoms with van der Waals surface area (Å²) in [6.45, 7) is 0.416. The highest BCUT2D eigenvalue weighted by atomic mass is 32.2. The van der Waals surface area contributed by atoms with Crippen LogP contribution in [0, 0.1) is 5.82 Å². The zero-order valence-corrected chi connectivity index (χ0v) is 12.5. The number of aromatic nitrogens is 3. The topological polar surface area (TPSA) is 56.7 Å². The molecule has 1 aromatic carbocycles. The van der Waals surface area contributed by atoms with Crippen LogP contribution < -0.4 is 5.73 Å². The van der Waals surface area contributed by atoms with Gasteiger partial charge in [-0.3, -0.25) is 0 Å². The van der Waals surface area contributed by atoms with Crippen LogP contribution in [0.15, 0.2) is 23.4 Å². The fraction of sp³-hybridized carbons (Fsp3) is 0.385. The molecule has 2 N–H and O–H groups in total. The molecule has 22 heavy (non-hydrogen) atoms. The molecule has 2 aromatic rings. The van der Waals surface area contributed by atoms with E-state index in [0.717, 1.165) is 17.8 Å². The molecule has 1 aromatic heterocycles. The van der Waals surface area contributed by atoms with Crippen LogP contribution in [0.2, 0.25) is 0 Å². The maximum Gasteiger partial charge on any atom is 0.419 e. The van der Waals surface area contributed by atoms with Gasteiger partial charge in [0.1, 0.15) is 11.6 Å². The first-order chi connectivity index (χ1) is 10.3. The Balaban J connectivity index is 2.16. The Labute approximate surface area is 128 Å². The van der Waals surface area contributed by atoms with Crippen LogP contribution in [0.4, 0.5) is 17.6 Å². The Bertz CT molecular complexity index is 654. The first-order valence-corrected chi connectivity index (χ1v) is 7.39. The summed E-state index contributed by atoms with van der Waals surface area (Å²) in [6.07, 6.45) is -4.16. The van der Waals surface area contributed by atoms with Gasteiger partial charge in [0.25, 0.3) is 0 Å². The van der Waals surface area contributed by atoms with E-state index in [4.69, 9.17) is 5.73 Å². The van der Waals surface area contributed by atoms with Crippen LogP contribution >= 0.6 is 11.8 Å². The lowest BCUT2D eigenvalue weighted by Crippen LogP contribution is -2.09. The summed E-state index contributed by atoms with van der Waals surface area (Å²) in [5.74, 6) is -0.536.